The number of nitrogens with one attached hydrogen (secondary N) is 2. The highest BCUT2D eigenvalue weighted by molar-refractivity contribution is 6.30. The van der Waals surface area contributed by atoms with Crippen LogP contribution in [-0.4, -0.2) is 48.3 Å². The van der Waals surface area contributed by atoms with Gasteiger partial charge in [0.05, 0.1) is 0 Å². The van der Waals surface area contributed by atoms with Crippen molar-refractivity contribution < 1.29 is 18.8 Å². The standard InChI is InChI=1S/C25H29ClFN3O3/c1-16(2)15-28-24(32)22(29-23(31)18-5-9-21(27)10-6-18)17-11-13-30(14-12-17)25(33)19-3-7-20(26)8-4-19/h3-10,16-17,22H,11-15H2,1-2H3,(H,28,32)(H,29,31). The van der Waals surface area contributed by atoms with Gasteiger partial charge >= 0.3 is 0 Å². The second-order valence-electron chi connectivity index (χ2n) is 8.73. The summed E-state index contributed by atoms with van der Waals surface area (Å²) < 4.78 is 13.2. The predicted molar refractivity (Wildman–Crippen MR) is 126 cm³/mol. The number of halogens is 2. The Morgan fingerprint density at radius 1 is 1.00 bits per heavy atom. The molecule has 1 fully saturated rings. The van der Waals surface area contributed by atoms with E-state index in [0.29, 0.717) is 43.1 Å². The summed E-state index contributed by atoms with van der Waals surface area (Å²) in [5.41, 5.74) is 0.849. The van der Waals surface area contributed by atoms with E-state index in [2.05, 4.69) is 10.6 Å². The van der Waals surface area contributed by atoms with E-state index < -0.39 is 17.8 Å². The average molecular weight is 474 g/mol. The number of amides is 3. The molecular weight excluding hydrogens is 445 g/mol. The van der Waals surface area contributed by atoms with Crippen LogP contribution in [0.1, 0.15) is 47.4 Å². The molecule has 33 heavy (non-hydrogen) atoms. The zero-order valence-corrected chi connectivity index (χ0v) is 19.6. The van der Waals surface area contributed by atoms with Crippen LogP contribution >= 0.6 is 11.6 Å². The lowest BCUT2D eigenvalue weighted by Crippen LogP contribution is -2.54. The number of rotatable bonds is 7. The zero-order chi connectivity index (χ0) is 24.0. The van der Waals surface area contributed by atoms with E-state index in [1.807, 2.05) is 13.8 Å². The number of nitrogens with zero attached hydrogens (tertiary/aromatic N) is 1. The Bertz CT molecular complexity index is 971. The Hall–Kier alpha value is -2.93. The fourth-order valence-corrected chi connectivity index (χ4v) is 3.97. The molecule has 0 aromatic heterocycles. The van der Waals surface area contributed by atoms with Crippen LogP contribution in [-0.2, 0) is 4.79 Å². The molecule has 1 aliphatic heterocycles. The van der Waals surface area contributed by atoms with Crippen molar-refractivity contribution >= 4 is 29.3 Å². The first-order valence-corrected chi connectivity index (χ1v) is 11.5. The van der Waals surface area contributed by atoms with Gasteiger partial charge in [0.25, 0.3) is 11.8 Å². The number of piperidine rings is 1. The number of carbonyl (C=O) groups excluding carboxylic acids is 3. The van der Waals surface area contributed by atoms with E-state index in [1.165, 1.54) is 24.3 Å². The van der Waals surface area contributed by atoms with Crippen molar-refractivity contribution in [3.8, 4) is 0 Å². The van der Waals surface area contributed by atoms with Gasteiger partial charge < -0.3 is 15.5 Å². The molecule has 1 heterocycles. The van der Waals surface area contributed by atoms with Crippen molar-refractivity contribution in [2.75, 3.05) is 19.6 Å². The molecule has 8 heteroatoms. The topological polar surface area (TPSA) is 78.5 Å². The van der Waals surface area contributed by atoms with Gasteiger partial charge in [-0.25, -0.2) is 4.39 Å². The van der Waals surface area contributed by atoms with Crippen LogP contribution in [0, 0.1) is 17.7 Å². The minimum absolute atomic E-state index is 0.0822. The summed E-state index contributed by atoms with van der Waals surface area (Å²) in [6.45, 7) is 5.44. The van der Waals surface area contributed by atoms with Crippen molar-refractivity contribution in [2.24, 2.45) is 11.8 Å². The van der Waals surface area contributed by atoms with Crippen LogP contribution in [0.2, 0.25) is 5.02 Å². The lowest BCUT2D eigenvalue weighted by Gasteiger charge is -2.36. The molecule has 0 spiro atoms. The molecular formula is C25H29ClFN3O3. The maximum atomic E-state index is 13.2. The first kappa shape index (κ1) is 24.7. The summed E-state index contributed by atoms with van der Waals surface area (Å²) in [5, 5.41) is 6.31. The zero-order valence-electron chi connectivity index (χ0n) is 18.8. The highest BCUT2D eigenvalue weighted by Gasteiger charge is 2.34. The third-order valence-corrected chi connectivity index (χ3v) is 6.00. The Labute approximate surface area is 198 Å². The number of hydrogen-bond acceptors (Lipinski definition) is 3. The largest absolute Gasteiger partial charge is 0.354 e. The Balaban J connectivity index is 1.68. The van der Waals surface area contributed by atoms with Crippen molar-refractivity contribution in [3.05, 3.63) is 70.5 Å². The molecule has 1 unspecified atom stereocenters. The molecule has 2 N–H and O–H groups in total. The fraction of sp³-hybridized carbons (Fsp3) is 0.400. The van der Waals surface area contributed by atoms with Crippen LogP contribution < -0.4 is 10.6 Å². The van der Waals surface area contributed by atoms with E-state index in [-0.39, 0.29) is 29.2 Å². The quantitative estimate of drug-likeness (QED) is 0.640. The molecule has 0 radical (unpaired) electrons. The number of hydrogen-bond donors (Lipinski definition) is 2. The van der Waals surface area contributed by atoms with Gasteiger partial charge in [0, 0.05) is 35.8 Å². The molecule has 3 amide bonds. The van der Waals surface area contributed by atoms with Gasteiger partial charge in [-0.3, -0.25) is 14.4 Å². The summed E-state index contributed by atoms with van der Waals surface area (Å²) >= 11 is 5.91. The van der Waals surface area contributed by atoms with Crippen molar-refractivity contribution in [1.82, 2.24) is 15.5 Å². The molecule has 1 aliphatic rings. The molecule has 2 aromatic rings. The van der Waals surface area contributed by atoms with E-state index >= 15 is 0 Å². The molecule has 176 valence electrons. The van der Waals surface area contributed by atoms with E-state index in [1.54, 1.807) is 29.2 Å². The van der Waals surface area contributed by atoms with Gasteiger partial charge in [0.1, 0.15) is 11.9 Å². The maximum Gasteiger partial charge on any atom is 0.253 e. The molecule has 0 saturated carbocycles. The molecule has 0 bridgehead atoms. The summed E-state index contributed by atoms with van der Waals surface area (Å²) in [4.78, 5) is 40.3. The fourth-order valence-electron chi connectivity index (χ4n) is 3.85. The highest BCUT2D eigenvalue weighted by atomic mass is 35.5. The van der Waals surface area contributed by atoms with E-state index in [0.717, 1.165) is 0 Å². The Morgan fingerprint density at radius 2 is 1.58 bits per heavy atom. The smallest absolute Gasteiger partial charge is 0.253 e. The molecule has 1 atom stereocenters. The van der Waals surface area contributed by atoms with Crippen LogP contribution in [0.3, 0.4) is 0 Å². The second kappa shape index (κ2) is 11.3. The second-order valence-corrected chi connectivity index (χ2v) is 9.17. The minimum atomic E-state index is -0.742. The van der Waals surface area contributed by atoms with Gasteiger partial charge in [-0.2, -0.15) is 0 Å². The normalized spacial score (nSPS) is 15.2. The minimum Gasteiger partial charge on any atom is -0.354 e. The number of benzene rings is 2. The maximum absolute atomic E-state index is 13.2. The molecule has 6 nitrogen and oxygen atoms in total. The SMILES string of the molecule is CC(C)CNC(=O)C(NC(=O)c1ccc(F)cc1)C1CCN(C(=O)c2ccc(Cl)cc2)CC1. The number of likely N-dealkylation sites (tertiary alicyclic amines) is 1. The third-order valence-electron chi connectivity index (χ3n) is 5.75. The average Bonchev–Trinajstić information content (AvgIpc) is 2.81. The van der Waals surface area contributed by atoms with Gasteiger partial charge in [0.15, 0.2) is 0 Å². The summed E-state index contributed by atoms with van der Waals surface area (Å²) in [6.07, 6.45) is 1.14. The van der Waals surface area contributed by atoms with Crippen molar-refractivity contribution in [2.45, 2.75) is 32.7 Å². The van der Waals surface area contributed by atoms with Crippen LogP contribution in [0.5, 0.6) is 0 Å². The van der Waals surface area contributed by atoms with Crippen LogP contribution in [0.25, 0.3) is 0 Å². The molecule has 0 aliphatic carbocycles. The molecule has 3 rings (SSSR count). The summed E-state index contributed by atoms with van der Waals surface area (Å²) in [6, 6.07) is 11.2. The van der Waals surface area contributed by atoms with Gasteiger partial charge in [0.2, 0.25) is 5.91 Å². The Morgan fingerprint density at radius 3 is 2.15 bits per heavy atom. The lowest BCUT2D eigenvalue weighted by molar-refractivity contribution is -0.124. The summed E-state index contributed by atoms with van der Waals surface area (Å²) in [7, 11) is 0. The predicted octanol–water partition coefficient (Wildman–Crippen LogP) is 3.90. The monoisotopic (exact) mass is 473 g/mol. The van der Waals surface area contributed by atoms with Crippen molar-refractivity contribution in [3.63, 3.8) is 0 Å². The first-order valence-electron chi connectivity index (χ1n) is 11.1. The first-order chi connectivity index (χ1) is 15.7. The van der Waals surface area contributed by atoms with Crippen molar-refractivity contribution in [1.29, 1.82) is 0 Å². The van der Waals surface area contributed by atoms with Gasteiger partial charge in [-0.05, 0) is 73.2 Å². The van der Waals surface area contributed by atoms with Crippen LogP contribution in [0.4, 0.5) is 4.39 Å². The van der Waals surface area contributed by atoms with E-state index in [4.69, 9.17) is 11.6 Å². The van der Waals surface area contributed by atoms with Crippen LogP contribution in [0.15, 0.2) is 48.5 Å². The van der Waals surface area contributed by atoms with E-state index in [9.17, 15) is 18.8 Å². The van der Waals surface area contributed by atoms with Gasteiger partial charge in [-0.1, -0.05) is 25.4 Å². The van der Waals surface area contributed by atoms with Gasteiger partial charge in [-0.15, -0.1) is 0 Å². The highest BCUT2D eigenvalue weighted by Crippen LogP contribution is 2.23. The summed E-state index contributed by atoms with van der Waals surface area (Å²) in [5.74, 6) is -1.06. The number of carbonyl (C=O) groups is 3. The molecule has 1 saturated heterocycles. The molecule has 2 aromatic carbocycles. The third kappa shape index (κ3) is 6.78. The Kier molecular flexibility index (Phi) is 8.44. The lowest BCUT2D eigenvalue weighted by atomic mass is 9.88.